The van der Waals surface area contributed by atoms with Crippen molar-refractivity contribution in [2.45, 2.75) is 19.3 Å². The maximum Gasteiger partial charge on any atom is 0.271 e. The van der Waals surface area contributed by atoms with Crippen LogP contribution in [0.5, 0.6) is 11.5 Å². The molecule has 3 aromatic carbocycles. The van der Waals surface area contributed by atoms with Crippen molar-refractivity contribution in [3.05, 3.63) is 106 Å². The molecular formula is C33H27N5O3. The van der Waals surface area contributed by atoms with E-state index in [1.165, 1.54) is 0 Å². The summed E-state index contributed by atoms with van der Waals surface area (Å²) in [5.41, 5.74) is 6.90. The Morgan fingerprint density at radius 2 is 1.54 bits per heavy atom. The summed E-state index contributed by atoms with van der Waals surface area (Å²) < 4.78 is 12.3. The molecule has 1 N–H and O–H groups in total. The van der Waals surface area contributed by atoms with E-state index >= 15 is 0 Å². The van der Waals surface area contributed by atoms with Gasteiger partial charge < -0.3 is 9.47 Å². The molecule has 6 aromatic rings. The highest BCUT2D eigenvalue weighted by Gasteiger charge is 2.26. The molecule has 0 spiro atoms. The minimum Gasteiger partial charge on any atom is -0.497 e. The van der Waals surface area contributed by atoms with Gasteiger partial charge in [0.05, 0.1) is 25.3 Å². The lowest BCUT2D eigenvalue weighted by Crippen LogP contribution is -2.19. The SMILES string of the molecule is COc1ccc(/C=C2\CCCc3c2nc2nc4[nH]nc(-c5ccccc5)n4c(=O)c2c3-c2ccc(OC)cc2)cc1. The molecule has 202 valence electrons. The maximum absolute atomic E-state index is 14.4. The average molecular weight is 542 g/mol. The number of rotatable bonds is 5. The molecule has 41 heavy (non-hydrogen) atoms. The second kappa shape index (κ2) is 10.1. The molecule has 0 aliphatic heterocycles. The molecule has 7 rings (SSSR count). The average Bonchev–Trinajstić information content (AvgIpc) is 3.46. The number of pyridine rings is 1. The molecule has 0 atom stereocenters. The number of H-pyrrole nitrogens is 1. The third kappa shape index (κ3) is 4.24. The van der Waals surface area contributed by atoms with Crippen LogP contribution in [0, 0.1) is 0 Å². The molecule has 0 unspecified atom stereocenters. The van der Waals surface area contributed by atoms with Gasteiger partial charge in [-0.3, -0.25) is 4.79 Å². The smallest absolute Gasteiger partial charge is 0.271 e. The second-order valence-electron chi connectivity index (χ2n) is 10.0. The van der Waals surface area contributed by atoms with Crippen molar-refractivity contribution < 1.29 is 9.47 Å². The summed E-state index contributed by atoms with van der Waals surface area (Å²) >= 11 is 0. The van der Waals surface area contributed by atoms with Gasteiger partial charge in [-0.1, -0.05) is 54.6 Å². The lowest BCUT2D eigenvalue weighted by Gasteiger charge is -2.23. The van der Waals surface area contributed by atoms with E-state index in [-0.39, 0.29) is 5.56 Å². The summed E-state index contributed by atoms with van der Waals surface area (Å²) in [7, 11) is 3.31. The molecule has 0 saturated heterocycles. The molecule has 1 aliphatic carbocycles. The van der Waals surface area contributed by atoms with Crippen LogP contribution in [0.3, 0.4) is 0 Å². The van der Waals surface area contributed by atoms with E-state index < -0.39 is 0 Å². The Labute approximate surface area is 235 Å². The number of aromatic nitrogens is 5. The largest absolute Gasteiger partial charge is 0.497 e. The van der Waals surface area contributed by atoms with Gasteiger partial charge in [-0.15, -0.1) is 0 Å². The number of aromatic amines is 1. The van der Waals surface area contributed by atoms with Crippen LogP contribution in [-0.2, 0) is 6.42 Å². The van der Waals surface area contributed by atoms with Gasteiger partial charge in [0, 0.05) is 11.1 Å². The first-order chi connectivity index (χ1) is 20.1. The number of allylic oxidation sites excluding steroid dienone is 1. The van der Waals surface area contributed by atoms with Crippen molar-refractivity contribution in [3.8, 4) is 34.0 Å². The summed E-state index contributed by atoms with van der Waals surface area (Å²) in [6.07, 6.45) is 4.80. The number of hydrogen-bond acceptors (Lipinski definition) is 6. The highest BCUT2D eigenvalue weighted by Crippen LogP contribution is 2.40. The zero-order valence-corrected chi connectivity index (χ0v) is 22.7. The monoisotopic (exact) mass is 541 g/mol. The molecular weight excluding hydrogens is 514 g/mol. The number of benzene rings is 3. The van der Waals surface area contributed by atoms with Gasteiger partial charge in [-0.05, 0) is 71.9 Å². The van der Waals surface area contributed by atoms with Crippen molar-refractivity contribution in [2.75, 3.05) is 14.2 Å². The maximum atomic E-state index is 14.4. The van der Waals surface area contributed by atoms with E-state index in [0.717, 1.165) is 69.8 Å². The van der Waals surface area contributed by atoms with Gasteiger partial charge in [0.15, 0.2) is 11.5 Å². The Morgan fingerprint density at radius 1 is 0.829 bits per heavy atom. The van der Waals surface area contributed by atoms with Gasteiger partial charge in [0.25, 0.3) is 5.56 Å². The first kappa shape index (κ1) is 24.8. The van der Waals surface area contributed by atoms with E-state index in [4.69, 9.17) is 19.4 Å². The van der Waals surface area contributed by atoms with Crippen LogP contribution in [0.15, 0.2) is 83.7 Å². The fourth-order valence-electron chi connectivity index (χ4n) is 5.66. The Morgan fingerprint density at radius 3 is 2.24 bits per heavy atom. The predicted molar refractivity (Wildman–Crippen MR) is 160 cm³/mol. The quantitative estimate of drug-likeness (QED) is 0.280. The third-order valence-corrected chi connectivity index (χ3v) is 7.64. The lowest BCUT2D eigenvalue weighted by molar-refractivity contribution is 0.414. The number of nitrogens with one attached hydrogen (secondary N) is 1. The Kier molecular flexibility index (Phi) is 6.08. The van der Waals surface area contributed by atoms with E-state index in [9.17, 15) is 4.79 Å². The van der Waals surface area contributed by atoms with E-state index in [2.05, 4.69) is 16.3 Å². The van der Waals surface area contributed by atoms with Crippen molar-refractivity contribution in [3.63, 3.8) is 0 Å². The van der Waals surface area contributed by atoms with Crippen molar-refractivity contribution >= 4 is 28.5 Å². The number of fused-ring (bicyclic) bond motifs is 3. The van der Waals surface area contributed by atoms with Crippen molar-refractivity contribution in [1.29, 1.82) is 0 Å². The normalized spacial score (nSPS) is 14.0. The van der Waals surface area contributed by atoms with Gasteiger partial charge in [0.2, 0.25) is 5.78 Å². The zero-order chi connectivity index (χ0) is 27.9. The van der Waals surface area contributed by atoms with Crippen LogP contribution in [0.2, 0.25) is 0 Å². The molecule has 8 nitrogen and oxygen atoms in total. The minimum absolute atomic E-state index is 0.204. The van der Waals surface area contributed by atoms with Gasteiger partial charge in [-0.25, -0.2) is 14.5 Å². The predicted octanol–water partition coefficient (Wildman–Crippen LogP) is 6.19. The summed E-state index contributed by atoms with van der Waals surface area (Å²) in [5.74, 6) is 2.43. The number of nitrogens with zero attached hydrogens (tertiary/aromatic N) is 4. The molecule has 0 bridgehead atoms. The van der Waals surface area contributed by atoms with Crippen LogP contribution in [0.25, 0.3) is 51.0 Å². The molecule has 0 radical (unpaired) electrons. The van der Waals surface area contributed by atoms with Crippen LogP contribution in [0.1, 0.15) is 29.7 Å². The van der Waals surface area contributed by atoms with E-state index in [1.807, 2.05) is 78.9 Å². The molecule has 0 saturated carbocycles. The zero-order valence-electron chi connectivity index (χ0n) is 22.7. The molecule has 0 fully saturated rings. The van der Waals surface area contributed by atoms with E-state index in [0.29, 0.717) is 22.6 Å². The molecule has 8 heteroatoms. The number of hydrogen-bond donors (Lipinski definition) is 1. The first-order valence-electron chi connectivity index (χ1n) is 13.5. The fourth-order valence-corrected chi connectivity index (χ4v) is 5.66. The third-order valence-electron chi connectivity index (χ3n) is 7.64. The minimum atomic E-state index is -0.204. The van der Waals surface area contributed by atoms with Crippen LogP contribution < -0.4 is 15.0 Å². The summed E-state index contributed by atoms with van der Waals surface area (Å²) in [6, 6.07) is 25.4. The first-order valence-corrected chi connectivity index (χ1v) is 13.5. The Hall–Kier alpha value is -5.24. The Bertz CT molecular complexity index is 1990. The molecule has 1 aliphatic rings. The number of methoxy groups -OCH3 is 2. The second-order valence-corrected chi connectivity index (χ2v) is 10.0. The van der Waals surface area contributed by atoms with Crippen molar-refractivity contribution in [2.24, 2.45) is 0 Å². The van der Waals surface area contributed by atoms with Crippen LogP contribution in [-0.4, -0.2) is 38.8 Å². The van der Waals surface area contributed by atoms with Crippen molar-refractivity contribution in [1.82, 2.24) is 24.6 Å². The molecule has 3 aromatic heterocycles. The van der Waals surface area contributed by atoms with Crippen LogP contribution in [0.4, 0.5) is 0 Å². The topological polar surface area (TPSA) is 94.4 Å². The summed E-state index contributed by atoms with van der Waals surface area (Å²) in [4.78, 5) is 24.2. The fraction of sp³-hybridized carbons (Fsp3) is 0.152. The standard InChI is InChI=1S/C33H27N5O3/c1-40-24-15-11-20(12-16-24)19-23-9-6-10-26-27(21-13-17-25(41-2)18-14-21)28-30(34-29(23)26)35-33-37-36-31(38(33)32(28)39)22-7-4-3-5-8-22/h3-5,7-8,11-19H,6,9-10H2,1-2H3,(H,34,35,37)/b23-19+. The lowest BCUT2D eigenvalue weighted by atomic mass is 9.84. The Balaban J connectivity index is 1.52. The highest BCUT2D eigenvalue weighted by atomic mass is 16.5. The molecule has 3 heterocycles. The van der Waals surface area contributed by atoms with Gasteiger partial charge in [0.1, 0.15) is 11.5 Å². The van der Waals surface area contributed by atoms with E-state index in [1.54, 1.807) is 18.6 Å². The van der Waals surface area contributed by atoms with Gasteiger partial charge in [-0.2, -0.15) is 10.1 Å². The summed E-state index contributed by atoms with van der Waals surface area (Å²) in [6.45, 7) is 0. The van der Waals surface area contributed by atoms with Gasteiger partial charge >= 0.3 is 0 Å². The highest BCUT2D eigenvalue weighted by molar-refractivity contribution is 5.99. The molecule has 0 amide bonds. The van der Waals surface area contributed by atoms with Crippen LogP contribution >= 0.6 is 0 Å². The summed E-state index contributed by atoms with van der Waals surface area (Å²) in [5, 5.41) is 7.90. The number of ether oxygens (including phenoxy) is 2.